The highest BCUT2D eigenvalue weighted by Gasteiger charge is 2.48. The summed E-state index contributed by atoms with van der Waals surface area (Å²) in [6.07, 6.45) is -0.737. The van der Waals surface area contributed by atoms with Crippen molar-refractivity contribution in [3.8, 4) is 0 Å². The van der Waals surface area contributed by atoms with E-state index in [1.54, 1.807) is 4.90 Å². The lowest BCUT2D eigenvalue weighted by atomic mass is 10.1. The molecule has 15 nitrogen and oxygen atoms in total. The van der Waals surface area contributed by atoms with Crippen LogP contribution in [0.5, 0.6) is 0 Å². The summed E-state index contributed by atoms with van der Waals surface area (Å²) in [5.41, 5.74) is 3.38. The summed E-state index contributed by atoms with van der Waals surface area (Å²) < 4.78 is 7.36. The predicted molar refractivity (Wildman–Crippen MR) is 161 cm³/mol. The lowest BCUT2D eigenvalue weighted by Crippen LogP contribution is -2.49. The molecule has 7 N–H and O–H groups in total. The molecule has 2 aromatic heterocycles. The first-order chi connectivity index (χ1) is 21.5. The average molecular weight is 609 g/mol. The standard InChI is InChI=1S/C29H40N10O5/c40-21(38-13-11-31-9-7-30-8-10-32-12-14-38)15-33-28(43)25-23(41)24(42)29(44-25)39-17-36-22-26(34-16-35-27(22)39)37-20-6-5-18-3-1-2-4-19(18)20/h1-4,16-17,20,23-25,29-32,41-42H,5-15H2,(H,33,43)(H,34,35,37). The molecule has 0 bridgehead atoms. The zero-order valence-electron chi connectivity index (χ0n) is 24.5. The van der Waals surface area contributed by atoms with E-state index in [0.29, 0.717) is 43.2 Å². The molecule has 5 unspecified atom stereocenters. The van der Waals surface area contributed by atoms with Crippen molar-refractivity contribution in [1.82, 2.24) is 45.7 Å². The third kappa shape index (κ3) is 6.52. The number of hydrogen-bond acceptors (Lipinski definition) is 12. The topological polar surface area (TPSA) is 191 Å². The largest absolute Gasteiger partial charge is 0.387 e. The Bertz CT molecular complexity index is 1440. The highest BCUT2D eigenvalue weighted by molar-refractivity contribution is 5.88. The van der Waals surface area contributed by atoms with E-state index in [9.17, 15) is 19.8 Å². The van der Waals surface area contributed by atoms with E-state index in [4.69, 9.17) is 4.74 Å². The molecule has 4 heterocycles. The van der Waals surface area contributed by atoms with Crippen LogP contribution in [0.4, 0.5) is 5.82 Å². The molecule has 2 fully saturated rings. The van der Waals surface area contributed by atoms with Crippen molar-refractivity contribution < 1.29 is 24.5 Å². The fourth-order valence-corrected chi connectivity index (χ4v) is 6.01. The summed E-state index contributed by atoms with van der Waals surface area (Å²) in [6.45, 7) is 5.29. The molecule has 0 saturated carbocycles. The van der Waals surface area contributed by atoms with Gasteiger partial charge in [0.05, 0.1) is 18.9 Å². The number of hydrogen-bond donors (Lipinski definition) is 7. The first-order valence-electron chi connectivity index (χ1n) is 15.2. The van der Waals surface area contributed by atoms with E-state index in [1.807, 2.05) is 12.1 Å². The van der Waals surface area contributed by atoms with Crippen molar-refractivity contribution >= 4 is 28.8 Å². The summed E-state index contributed by atoms with van der Waals surface area (Å²) in [6, 6.07) is 8.36. The number of rotatable bonds is 6. The second-order valence-electron chi connectivity index (χ2n) is 11.3. The molecule has 2 saturated heterocycles. The maximum atomic E-state index is 13.1. The van der Waals surface area contributed by atoms with Gasteiger partial charge in [-0.05, 0) is 24.0 Å². The van der Waals surface area contributed by atoms with Gasteiger partial charge in [-0.1, -0.05) is 24.3 Å². The summed E-state index contributed by atoms with van der Waals surface area (Å²) in [5.74, 6) is -0.394. The Morgan fingerprint density at radius 2 is 1.68 bits per heavy atom. The van der Waals surface area contributed by atoms with Gasteiger partial charge in [-0.2, -0.15) is 0 Å². The van der Waals surface area contributed by atoms with Gasteiger partial charge >= 0.3 is 0 Å². The van der Waals surface area contributed by atoms with Gasteiger partial charge in [0.25, 0.3) is 5.91 Å². The van der Waals surface area contributed by atoms with Crippen LogP contribution in [-0.4, -0.2) is 124 Å². The molecule has 3 aliphatic rings. The number of nitrogens with zero attached hydrogens (tertiary/aromatic N) is 5. The Hall–Kier alpha value is -3.73. The molecule has 5 atom stereocenters. The van der Waals surface area contributed by atoms with E-state index in [2.05, 4.69) is 53.7 Å². The van der Waals surface area contributed by atoms with Gasteiger partial charge < -0.3 is 46.4 Å². The van der Waals surface area contributed by atoms with E-state index < -0.39 is 30.4 Å². The third-order valence-electron chi connectivity index (χ3n) is 8.41. The number of anilines is 1. The molecule has 236 valence electrons. The molecule has 0 radical (unpaired) electrons. The molecular weight excluding hydrogens is 568 g/mol. The number of carbonyl (C=O) groups excluding carboxylic acids is 2. The van der Waals surface area contributed by atoms with Gasteiger partial charge in [-0.25, -0.2) is 15.0 Å². The molecule has 2 aliphatic heterocycles. The quantitative estimate of drug-likeness (QED) is 0.168. The Kier molecular flexibility index (Phi) is 9.59. The highest BCUT2D eigenvalue weighted by atomic mass is 16.6. The first kappa shape index (κ1) is 30.3. The van der Waals surface area contributed by atoms with Gasteiger partial charge in [-0.3, -0.25) is 14.2 Å². The molecule has 44 heavy (non-hydrogen) atoms. The Balaban J connectivity index is 1.09. The molecule has 15 heteroatoms. The van der Waals surface area contributed by atoms with Crippen molar-refractivity contribution in [2.24, 2.45) is 0 Å². The number of aryl methyl sites for hydroxylation is 1. The van der Waals surface area contributed by atoms with Gasteiger partial charge in [0, 0.05) is 52.4 Å². The van der Waals surface area contributed by atoms with Crippen LogP contribution in [0.2, 0.25) is 0 Å². The Labute approximate surface area is 254 Å². The lowest BCUT2D eigenvalue weighted by molar-refractivity contribution is -0.140. The minimum atomic E-state index is -1.52. The molecule has 2 amide bonds. The summed E-state index contributed by atoms with van der Waals surface area (Å²) in [7, 11) is 0. The molecule has 1 aliphatic carbocycles. The number of nitrogens with one attached hydrogen (secondary N) is 5. The minimum Gasteiger partial charge on any atom is -0.387 e. The van der Waals surface area contributed by atoms with E-state index >= 15 is 0 Å². The normalized spacial score (nSPS) is 26.5. The van der Waals surface area contributed by atoms with Crippen molar-refractivity contribution in [2.45, 2.75) is 43.4 Å². The Morgan fingerprint density at radius 3 is 2.45 bits per heavy atom. The van der Waals surface area contributed by atoms with E-state index in [0.717, 1.165) is 39.0 Å². The third-order valence-corrected chi connectivity index (χ3v) is 8.41. The van der Waals surface area contributed by atoms with Crippen LogP contribution in [0.15, 0.2) is 36.9 Å². The molecule has 0 spiro atoms. The number of amides is 2. The van der Waals surface area contributed by atoms with Gasteiger partial charge in [0.2, 0.25) is 5.91 Å². The lowest BCUT2D eigenvalue weighted by Gasteiger charge is -2.24. The number of fused-ring (bicyclic) bond motifs is 2. The van der Waals surface area contributed by atoms with Gasteiger partial charge in [0.15, 0.2) is 29.3 Å². The number of benzene rings is 1. The fraction of sp³-hybridized carbons (Fsp3) is 0.552. The number of aliphatic hydroxyl groups is 2. The molecule has 3 aromatic rings. The van der Waals surface area contributed by atoms with Crippen molar-refractivity contribution in [3.05, 3.63) is 48.0 Å². The van der Waals surface area contributed by atoms with Gasteiger partial charge in [-0.15, -0.1) is 0 Å². The van der Waals surface area contributed by atoms with Crippen LogP contribution in [0.1, 0.15) is 29.8 Å². The fourth-order valence-electron chi connectivity index (χ4n) is 6.01. The molecule has 1 aromatic carbocycles. The maximum Gasteiger partial charge on any atom is 0.252 e. The average Bonchev–Trinajstić information content (AvgIpc) is 3.72. The van der Waals surface area contributed by atoms with Crippen molar-refractivity contribution in [2.75, 3.05) is 64.2 Å². The summed E-state index contributed by atoms with van der Waals surface area (Å²) in [5, 5.41) is 37.6. The highest BCUT2D eigenvalue weighted by Crippen LogP contribution is 2.36. The number of ether oxygens (including phenoxy) is 1. The van der Waals surface area contributed by atoms with E-state index in [1.165, 1.54) is 28.3 Å². The number of aliphatic hydroxyl groups excluding tert-OH is 2. The molecular formula is C29H40N10O5. The summed E-state index contributed by atoms with van der Waals surface area (Å²) >= 11 is 0. The first-order valence-corrected chi connectivity index (χ1v) is 15.2. The van der Waals surface area contributed by atoms with Crippen molar-refractivity contribution in [1.29, 1.82) is 0 Å². The van der Waals surface area contributed by atoms with Crippen LogP contribution in [0, 0.1) is 0 Å². The van der Waals surface area contributed by atoms with Crippen molar-refractivity contribution in [3.63, 3.8) is 0 Å². The zero-order valence-corrected chi connectivity index (χ0v) is 24.5. The van der Waals surface area contributed by atoms with Gasteiger partial charge in [0.1, 0.15) is 18.5 Å². The smallest absolute Gasteiger partial charge is 0.252 e. The van der Waals surface area contributed by atoms with Crippen LogP contribution in [0.3, 0.4) is 0 Å². The SMILES string of the molecule is O=C(NCC(=O)N1CCNCCNCCNCC1)C1OC(n2cnc3c(NC4CCc5ccccc54)ncnc32)C(O)C1O. The maximum absolute atomic E-state index is 13.1. The van der Waals surface area contributed by atoms with Crippen LogP contribution >= 0.6 is 0 Å². The number of imidazole rings is 1. The van der Waals surface area contributed by atoms with E-state index in [-0.39, 0.29) is 18.5 Å². The zero-order chi connectivity index (χ0) is 30.5. The molecule has 6 rings (SSSR count). The minimum absolute atomic E-state index is 0.0759. The predicted octanol–water partition coefficient (Wildman–Crippen LogP) is -1.73. The van der Waals surface area contributed by atoms with Crippen LogP contribution in [0.25, 0.3) is 11.2 Å². The second kappa shape index (κ2) is 13.9. The van der Waals surface area contributed by atoms with Crippen LogP contribution < -0.4 is 26.6 Å². The second-order valence-corrected chi connectivity index (χ2v) is 11.3. The number of aromatic nitrogens is 4. The summed E-state index contributed by atoms with van der Waals surface area (Å²) in [4.78, 5) is 40.9. The monoisotopic (exact) mass is 608 g/mol. The van der Waals surface area contributed by atoms with Crippen LogP contribution in [-0.2, 0) is 20.7 Å². The number of carbonyl (C=O) groups is 2. The Morgan fingerprint density at radius 1 is 0.955 bits per heavy atom.